The molecule has 202 valence electrons. The molecule has 3 rings (SSSR count). The number of ether oxygens (including phenoxy) is 1. The van der Waals surface area contributed by atoms with E-state index in [2.05, 4.69) is 24.1 Å². The topological polar surface area (TPSA) is 87.9 Å². The van der Waals surface area contributed by atoms with Crippen molar-refractivity contribution < 1.29 is 14.3 Å². The molecule has 36 heavy (non-hydrogen) atoms. The molecule has 1 aromatic carbocycles. The first kappa shape index (κ1) is 28.5. The average molecular weight is 501 g/mol. The number of carbonyl (C=O) groups is 2. The molecule has 2 amide bonds. The second-order valence-corrected chi connectivity index (χ2v) is 10.8. The molecular weight excluding hydrogens is 452 g/mol. The van der Waals surface area contributed by atoms with Crippen LogP contribution in [-0.2, 0) is 9.59 Å². The van der Waals surface area contributed by atoms with Gasteiger partial charge in [0.05, 0.1) is 5.54 Å². The SMILES string of the molecule is CCCCN1CCCC(C(N)(CCCC)C(=O)NCC2CCN(C(=O)COc3ccccc3)CC2)C1. The van der Waals surface area contributed by atoms with Crippen molar-refractivity contribution in [2.24, 2.45) is 17.6 Å². The van der Waals surface area contributed by atoms with E-state index in [1.807, 2.05) is 35.2 Å². The Bertz CT molecular complexity index is 797. The van der Waals surface area contributed by atoms with Gasteiger partial charge < -0.3 is 25.6 Å². The van der Waals surface area contributed by atoms with Crippen molar-refractivity contribution in [1.82, 2.24) is 15.1 Å². The highest BCUT2D eigenvalue weighted by atomic mass is 16.5. The van der Waals surface area contributed by atoms with E-state index in [4.69, 9.17) is 10.5 Å². The van der Waals surface area contributed by atoms with Gasteiger partial charge >= 0.3 is 0 Å². The van der Waals surface area contributed by atoms with Crippen LogP contribution in [0.1, 0.15) is 71.6 Å². The van der Waals surface area contributed by atoms with Crippen LogP contribution in [0.4, 0.5) is 0 Å². The first-order chi connectivity index (χ1) is 17.5. The summed E-state index contributed by atoms with van der Waals surface area (Å²) in [5.41, 5.74) is 6.15. The third-order valence-electron chi connectivity index (χ3n) is 8.05. The van der Waals surface area contributed by atoms with E-state index >= 15 is 0 Å². The van der Waals surface area contributed by atoms with Crippen LogP contribution >= 0.6 is 0 Å². The smallest absolute Gasteiger partial charge is 0.260 e. The number of hydrogen-bond acceptors (Lipinski definition) is 5. The van der Waals surface area contributed by atoms with Gasteiger partial charge in [-0.1, -0.05) is 51.3 Å². The third kappa shape index (κ3) is 8.20. The summed E-state index contributed by atoms with van der Waals surface area (Å²) in [6.07, 6.45) is 9.07. The molecule has 0 bridgehead atoms. The minimum Gasteiger partial charge on any atom is -0.484 e. The molecule has 2 fully saturated rings. The van der Waals surface area contributed by atoms with Gasteiger partial charge in [0.2, 0.25) is 5.91 Å². The summed E-state index contributed by atoms with van der Waals surface area (Å²) in [6.45, 7) is 9.65. The lowest BCUT2D eigenvalue weighted by Crippen LogP contribution is -2.62. The number of nitrogens with two attached hydrogens (primary N) is 1. The van der Waals surface area contributed by atoms with Gasteiger partial charge in [-0.3, -0.25) is 9.59 Å². The molecule has 7 heteroatoms. The molecule has 0 radical (unpaired) electrons. The molecule has 7 nitrogen and oxygen atoms in total. The zero-order valence-electron chi connectivity index (χ0n) is 22.6. The van der Waals surface area contributed by atoms with E-state index in [1.165, 1.54) is 12.8 Å². The normalized spacial score (nSPS) is 21.1. The van der Waals surface area contributed by atoms with Gasteiger partial charge in [-0.2, -0.15) is 0 Å². The highest BCUT2D eigenvalue weighted by Gasteiger charge is 2.43. The predicted octanol–water partition coefficient (Wildman–Crippen LogP) is 3.82. The Balaban J connectivity index is 1.46. The second-order valence-electron chi connectivity index (χ2n) is 10.8. The Kier molecular flexibility index (Phi) is 11.5. The highest BCUT2D eigenvalue weighted by molar-refractivity contribution is 5.86. The molecule has 0 saturated carbocycles. The lowest BCUT2D eigenvalue weighted by atomic mass is 9.75. The number of carbonyl (C=O) groups excluding carboxylic acids is 2. The maximum absolute atomic E-state index is 13.5. The van der Waals surface area contributed by atoms with Gasteiger partial charge in [0.1, 0.15) is 5.75 Å². The van der Waals surface area contributed by atoms with Crippen molar-refractivity contribution in [3.63, 3.8) is 0 Å². The number of benzene rings is 1. The summed E-state index contributed by atoms with van der Waals surface area (Å²) in [5, 5.41) is 3.24. The van der Waals surface area contributed by atoms with Gasteiger partial charge in [-0.25, -0.2) is 0 Å². The lowest BCUT2D eigenvalue weighted by molar-refractivity contribution is -0.135. The van der Waals surface area contributed by atoms with Crippen molar-refractivity contribution in [3.8, 4) is 5.75 Å². The van der Waals surface area contributed by atoms with E-state index in [9.17, 15) is 9.59 Å². The minimum atomic E-state index is -0.799. The Hall–Kier alpha value is -2.12. The van der Waals surface area contributed by atoms with E-state index in [0.29, 0.717) is 31.3 Å². The number of para-hydroxylation sites is 1. The number of nitrogens with one attached hydrogen (secondary N) is 1. The maximum atomic E-state index is 13.5. The molecule has 3 N–H and O–H groups in total. The number of hydrogen-bond donors (Lipinski definition) is 2. The fourth-order valence-electron chi connectivity index (χ4n) is 5.57. The lowest BCUT2D eigenvalue weighted by Gasteiger charge is -2.43. The number of piperidine rings is 2. The van der Waals surface area contributed by atoms with Crippen molar-refractivity contribution in [3.05, 3.63) is 30.3 Å². The molecule has 0 spiro atoms. The third-order valence-corrected chi connectivity index (χ3v) is 8.05. The summed E-state index contributed by atoms with van der Waals surface area (Å²) < 4.78 is 5.62. The van der Waals surface area contributed by atoms with Gasteiger partial charge in [0.25, 0.3) is 5.91 Å². The van der Waals surface area contributed by atoms with Crippen LogP contribution in [0.2, 0.25) is 0 Å². The number of nitrogens with zero attached hydrogens (tertiary/aromatic N) is 2. The standard InChI is InChI=1S/C29H48N4O3/c1-3-5-16-29(30,25-11-10-18-32(22-25)17-6-4-2)28(35)31-21-24-14-19-33(20-15-24)27(34)23-36-26-12-8-7-9-13-26/h7-9,12-13,24-25H,3-6,10-11,14-23,30H2,1-2H3,(H,31,35). The number of rotatable bonds is 13. The molecule has 2 saturated heterocycles. The molecule has 2 aliphatic heterocycles. The summed E-state index contributed by atoms with van der Waals surface area (Å²) in [4.78, 5) is 30.4. The number of unbranched alkanes of at least 4 members (excludes halogenated alkanes) is 2. The van der Waals surface area contributed by atoms with Gasteiger partial charge in [0, 0.05) is 26.2 Å². The molecular formula is C29H48N4O3. The maximum Gasteiger partial charge on any atom is 0.260 e. The number of amides is 2. The zero-order chi connectivity index (χ0) is 25.8. The minimum absolute atomic E-state index is 0.0202. The molecule has 2 aliphatic rings. The van der Waals surface area contributed by atoms with Crippen LogP contribution in [0, 0.1) is 11.8 Å². The predicted molar refractivity (Wildman–Crippen MR) is 145 cm³/mol. The molecule has 0 aromatic heterocycles. The fraction of sp³-hybridized carbons (Fsp3) is 0.724. The van der Waals surface area contributed by atoms with Crippen LogP contribution in [-0.4, -0.2) is 73.0 Å². The van der Waals surface area contributed by atoms with Gasteiger partial charge in [0.15, 0.2) is 6.61 Å². The van der Waals surface area contributed by atoms with Crippen molar-refractivity contribution in [2.75, 3.05) is 45.9 Å². The molecule has 2 atom stereocenters. The highest BCUT2D eigenvalue weighted by Crippen LogP contribution is 2.30. The Labute approximate surface area is 218 Å². The van der Waals surface area contributed by atoms with Gasteiger partial charge in [-0.05, 0) is 75.6 Å². The van der Waals surface area contributed by atoms with Crippen molar-refractivity contribution in [2.45, 2.75) is 77.2 Å². The van der Waals surface area contributed by atoms with Crippen LogP contribution in [0.5, 0.6) is 5.75 Å². The van der Waals surface area contributed by atoms with E-state index in [1.54, 1.807) is 0 Å². The first-order valence-corrected chi connectivity index (χ1v) is 14.2. The quantitative estimate of drug-likeness (QED) is 0.430. The summed E-state index contributed by atoms with van der Waals surface area (Å²) in [7, 11) is 0. The van der Waals surface area contributed by atoms with Crippen LogP contribution < -0.4 is 15.8 Å². The summed E-state index contributed by atoms with van der Waals surface area (Å²) in [6, 6.07) is 9.43. The largest absolute Gasteiger partial charge is 0.484 e. The Morgan fingerprint density at radius 3 is 2.47 bits per heavy atom. The van der Waals surface area contributed by atoms with Crippen molar-refractivity contribution >= 4 is 11.8 Å². The molecule has 2 heterocycles. The fourth-order valence-corrected chi connectivity index (χ4v) is 5.57. The van der Waals surface area contributed by atoms with Crippen molar-refractivity contribution in [1.29, 1.82) is 0 Å². The van der Waals surface area contributed by atoms with Crippen LogP contribution in [0.15, 0.2) is 30.3 Å². The second kappa shape index (κ2) is 14.6. The van der Waals surface area contributed by atoms with E-state index < -0.39 is 5.54 Å². The first-order valence-electron chi connectivity index (χ1n) is 14.2. The van der Waals surface area contributed by atoms with Crippen LogP contribution in [0.3, 0.4) is 0 Å². The average Bonchev–Trinajstić information content (AvgIpc) is 2.93. The summed E-state index contributed by atoms with van der Waals surface area (Å²) in [5.74, 6) is 1.33. The monoisotopic (exact) mass is 500 g/mol. The van der Waals surface area contributed by atoms with E-state index in [-0.39, 0.29) is 24.3 Å². The van der Waals surface area contributed by atoms with E-state index in [0.717, 1.165) is 64.6 Å². The Morgan fingerprint density at radius 2 is 1.78 bits per heavy atom. The van der Waals surface area contributed by atoms with Crippen LogP contribution in [0.25, 0.3) is 0 Å². The number of likely N-dealkylation sites (tertiary alicyclic amines) is 2. The summed E-state index contributed by atoms with van der Waals surface area (Å²) >= 11 is 0. The zero-order valence-corrected chi connectivity index (χ0v) is 22.6. The Morgan fingerprint density at radius 1 is 1.06 bits per heavy atom. The molecule has 2 unspecified atom stereocenters. The molecule has 1 aromatic rings. The molecule has 0 aliphatic carbocycles. The van der Waals surface area contributed by atoms with Gasteiger partial charge in [-0.15, -0.1) is 0 Å².